The Morgan fingerprint density at radius 3 is 1.73 bits per heavy atom. The van der Waals surface area contributed by atoms with Gasteiger partial charge in [-0.05, 0) is 19.3 Å². The van der Waals surface area contributed by atoms with E-state index in [4.69, 9.17) is 37.9 Å². The molecule has 0 aromatic heterocycles. The largest absolute Gasteiger partial charge is 0.382 e. The number of epoxide rings is 1. The molecule has 1 saturated heterocycles. The molecule has 1 aliphatic rings. The van der Waals surface area contributed by atoms with Gasteiger partial charge in [0.15, 0.2) is 0 Å². The highest BCUT2D eigenvalue weighted by atomic mass is 16.9. The molecule has 8 nitrogen and oxygen atoms in total. The molecule has 0 radical (unpaired) electrons. The highest BCUT2D eigenvalue weighted by Gasteiger charge is 2.42. The van der Waals surface area contributed by atoms with E-state index in [9.17, 15) is 0 Å². The molecule has 0 saturated carbocycles. The molecular weight excluding hydrogens is 428 g/mol. The van der Waals surface area contributed by atoms with Gasteiger partial charge in [-0.3, -0.25) is 0 Å². The summed E-state index contributed by atoms with van der Waals surface area (Å²) in [6.45, 7) is 7.00. The summed E-state index contributed by atoms with van der Waals surface area (Å²) in [5.74, 6) is -1.09. The summed E-state index contributed by atoms with van der Waals surface area (Å²) in [6, 6.07) is 0. The zero-order valence-electron chi connectivity index (χ0n) is 21.6. The number of methoxy groups -OCH3 is 3. The molecular formula is C25H50O8. The fourth-order valence-corrected chi connectivity index (χ4v) is 3.76. The van der Waals surface area contributed by atoms with Crippen LogP contribution >= 0.6 is 0 Å². The maximum Gasteiger partial charge on any atom is 0.286 e. The third-order valence-corrected chi connectivity index (χ3v) is 5.73. The van der Waals surface area contributed by atoms with E-state index in [1.807, 2.05) is 0 Å². The second-order valence-electron chi connectivity index (χ2n) is 8.55. The minimum Gasteiger partial charge on any atom is -0.382 e. The van der Waals surface area contributed by atoms with Crippen molar-refractivity contribution in [1.29, 1.82) is 0 Å². The maximum atomic E-state index is 6.28. The zero-order chi connectivity index (χ0) is 24.0. The Morgan fingerprint density at radius 2 is 1.21 bits per heavy atom. The lowest BCUT2D eigenvalue weighted by atomic mass is 9.93. The number of ether oxygens (including phenoxy) is 8. The summed E-state index contributed by atoms with van der Waals surface area (Å²) in [6.07, 6.45) is 10.5. The summed E-state index contributed by atoms with van der Waals surface area (Å²) in [5, 5.41) is 0. The standard InChI is InChI=1S/C25H50O8/c1-5-6-7-8-9-10-12-23(13-11-14-29-21-24-22-30-24)25(31-18-15-26-2,32-19-16-27-3)33-20-17-28-4/h23-24H,5-22H2,1-4H3. The first-order valence-corrected chi connectivity index (χ1v) is 12.8. The summed E-state index contributed by atoms with van der Waals surface area (Å²) in [5.41, 5.74) is 0. The molecule has 1 heterocycles. The Kier molecular flexibility index (Phi) is 19.5. The monoisotopic (exact) mass is 478 g/mol. The Balaban J connectivity index is 2.80. The molecule has 198 valence electrons. The van der Waals surface area contributed by atoms with Gasteiger partial charge in [0.25, 0.3) is 5.97 Å². The van der Waals surface area contributed by atoms with Crippen molar-refractivity contribution >= 4 is 0 Å². The molecule has 0 aromatic rings. The number of hydrogen-bond donors (Lipinski definition) is 0. The van der Waals surface area contributed by atoms with Crippen LogP contribution in [0.25, 0.3) is 0 Å². The molecule has 1 aliphatic heterocycles. The van der Waals surface area contributed by atoms with Crippen molar-refractivity contribution in [3.05, 3.63) is 0 Å². The Bertz CT molecular complexity index is 393. The van der Waals surface area contributed by atoms with E-state index in [1.165, 1.54) is 32.1 Å². The zero-order valence-corrected chi connectivity index (χ0v) is 21.6. The quantitative estimate of drug-likeness (QED) is 0.104. The van der Waals surface area contributed by atoms with Crippen LogP contribution < -0.4 is 0 Å². The van der Waals surface area contributed by atoms with Crippen LogP contribution in [-0.4, -0.2) is 92.9 Å². The van der Waals surface area contributed by atoms with Crippen LogP contribution in [0.15, 0.2) is 0 Å². The maximum absolute atomic E-state index is 6.28. The average Bonchev–Trinajstić information content (AvgIpc) is 3.64. The van der Waals surface area contributed by atoms with Gasteiger partial charge < -0.3 is 37.9 Å². The Hall–Kier alpha value is -0.320. The third kappa shape index (κ3) is 15.3. The van der Waals surface area contributed by atoms with Gasteiger partial charge in [-0.15, -0.1) is 0 Å². The molecule has 1 rings (SSSR count). The van der Waals surface area contributed by atoms with Crippen LogP contribution in [0.5, 0.6) is 0 Å². The lowest BCUT2D eigenvalue weighted by Crippen LogP contribution is -2.48. The van der Waals surface area contributed by atoms with Gasteiger partial charge in [0.05, 0.1) is 52.9 Å². The van der Waals surface area contributed by atoms with Crippen molar-refractivity contribution in [3.63, 3.8) is 0 Å². The topological polar surface area (TPSA) is 77.1 Å². The fraction of sp³-hybridized carbons (Fsp3) is 1.00. The molecule has 8 heteroatoms. The van der Waals surface area contributed by atoms with E-state index in [-0.39, 0.29) is 12.0 Å². The minimum absolute atomic E-state index is 0.0648. The van der Waals surface area contributed by atoms with Crippen molar-refractivity contribution in [3.8, 4) is 0 Å². The average molecular weight is 479 g/mol. The minimum atomic E-state index is -1.15. The first kappa shape index (κ1) is 30.7. The van der Waals surface area contributed by atoms with Gasteiger partial charge >= 0.3 is 0 Å². The SMILES string of the molecule is CCCCCCCCC(CCCOCC1CO1)C(OCCOC)(OCCOC)OCCOC. The van der Waals surface area contributed by atoms with Gasteiger partial charge in [0, 0.05) is 33.9 Å². The van der Waals surface area contributed by atoms with Gasteiger partial charge in [0.2, 0.25) is 0 Å². The number of hydrogen-bond acceptors (Lipinski definition) is 8. The molecule has 33 heavy (non-hydrogen) atoms. The second kappa shape index (κ2) is 21.0. The summed E-state index contributed by atoms with van der Waals surface area (Å²) in [4.78, 5) is 0. The first-order chi connectivity index (χ1) is 16.2. The molecule has 0 N–H and O–H groups in total. The van der Waals surface area contributed by atoms with Crippen LogP contribution in [0.2, 0.25) is 0 Å². The van der Waals surface area contributed by atoms with Crippen molar-refractivity contribution in [2.75, 3.05) is 80.8 Å². The van der Waals surface area contributed by atoms with Crippen molar-refractivity contribution in [2.24, 2.45) is 5.92 Å². The smallest absolute Gasteiger partial charge is 0.286 e. The molecule has 0 spiro atoms. The third-order valence-electron chi connectivity index (χ3n) is 5.73. The predicted molar refractivity (Wildman–Crippen MR) is 127 cm³/mol. The second-order valence-corrected chi connectivity index (χ2v) is 8.55. The molecule has 0 amide bonds. The van der Waals surface area contributed by atoms with E-state index in [1.54, 1.807) is 21.3 Å². The van der Waals surface area contributed by atoms with E-state index < -0.39 is 5.97 Å². The lowest BCUT2D eigenvalue weighted by Gasteiger charge is -2.40. The van der Waals surface area contributed by atoms with Gasteiger partial charge in [-0.2, -0.15) is 0 Å². The van der Waals surface area contributed by atoms with Crippen LogP contribution in [0.3, 0.4) is 0 Å². The summed E-state index contributed by atoms with van der Waals surface area (Å²) >= 11 is 0. The van der Waals surface area contributed by atoms with Gasteiger partial charge in [-0.25, -0.2) is 0 Å². The highest BCUT2D eigenvalue weighted by Crippen LogP contribution is 2.34. The molecule has 0 bridgehead atoms. The highest BCUT2D eigenvalue weighted by molar-refractivity contribution is 4.74. The van der Waals surface area contributed by atoms with E-state index in [0.29, 0.717) is 52.9 Å². The number of unbranched alkanes of at least 4 members (excludes halogenated alkanes) is 5. The molecule has 2 atom stereocenters. The van der Waals surface area contributed by atoms with E-state index in [0.717, 1.165) is 32.3 Å². The van der Waals surface area contributed by atoms with E-state index in [2.05, 4.69) is 6.92 Å². The van der Waals surface area contributed by atoms with Gasteiger partial charge in [-0.1, -0.05) is 45.4 Å². The summed E-state index contributed by atoms with van der Waals surface area (Å²) < 4.78 is 45.5. The molecule has 0 aromatic carbocycles. The Labute approximate surface area is 201 Å². The first-order valence-electron chi connectivity index (χ1n) is 12.8. The lowest BCUT2D eigenvalue weighted by molar-refractivity contribution is -0.410. The Morgan fingerprint density at radius 1 is 0.697 bits per heavy atom. The van der Waals surface area contributed by atoms with E-state index >= 15 is 0 Å². The molecule has 2 unspecified atom stereocenters. The van der Waals surface area contributed by atoms with Crippen molar-refractivity contribution < 1.29 is 37.9 Å². The fourth-order valence-electron chi connectivity index (χ4n) is 3.76. The van der Waals surface area contributed by atoms with Crippen molar-refractivity contribution in [1.82, 2.24) is 0 Å². The predicted octanol–water partition coefficient (Wildman–Crippen LogP) is 4.19. The normalized spacial score (nSPS) is 16.9. The van der Waals surface area contributed by atoms with Crippen LogP contribution in [-0.2, 0) is 37.9 Å². The number of rotatable bonds is 26. The summed E-state index contributed by atoms with van der Waals surface area (Å²) in [7, 11) is 4.99. The molecule has 0 aliphatic carbocycles. The van der Waals surface area contributed by atoms with Gasteiger partial charge in [0.1, 0.15) is 6.10 Å². The van der Waals surface area contributed by atoms with Crippen LogP contribution in [0, 0.1) is 5.92 Å². The van der Waals surface area contributed by atoms with Crippen molar-refractivity contribution in [2.45, 2.75) is 76.8 Å². The molecule has 1 fully saturated rings. The van der Waals surface area contributed by atoms with Crippen LogP contribution in [0.4, 0.5) is 0 Å². The van der Waals surface area contributed by atoms with Crippen LogP contribution in [0.1, 0.15) is 64.7 Å².